The van der Waals surface area contributed by atoms with E-state index in [-0.39, 0.29) is 29.8 Å². The molecule has 0 aromatic heterocycles. The molecule has 0 radical (unpaired) electrons. The van der Waals surface area contributed by atoms with Crippen molar-refractivity contribution >= 4 is 17.4 Å². The molecule has 3 rings (SSSR count). The minimum absolute atomic E-state index is 0.0913. The van der Waals surface area contributed by atoms with Gasteiger partial charge >= 0.3 is 0 Å². The predicted molar refractivity (Wildman–Crippen MR) is 109 cm³/mol. The fourth-order valence-electron chi connectivity index (χ4n) is 3.12. The average molecular weight is 393 g/mol. The van der Waals surface area contributed by atoms with Gasteiger partial charge in [-0.3, -0.25) is 9.59 Å². The number of nitrogens with one attached hydrogen (secondary N) is 1. The monoisotopic (exact) mass is 393 g/mol. The van der Waals surface area contributed by atoms with E-state index < -0.39 is 17.5 Å². The molecule has 1 N–H and O–H groups in total. The number of halogens is 2. The van der Waals surface area contributed by atoms with E-state index in [2.05, 4.69) is 5.32 Å². The van der Waals surface area contributed by atoms with Crippen LogP contribution in [-0.2, 0) is 17.6 Å². The maximum Gasteiger partial charge on any atom is 0.258 e. The van der Waals surface area contributed by atoms with Crippen molar-refractivity contribution in [1.82, 2.24) is 0 Å². The number of ketones is 1. The lowest BCUT2D eigenvalue weighted by Crippen LogP contribution is -2.15. The third-order valence-corrected chi connectivity index (χ3v) is 4.54. The third kappa shape index (κ3) is 5.35. The summed E-state index contributed by atoms with van der Waals surface area (Å²) in [5, 5.41) is 2.57. The Kier molecular flexibility index (Phi) is 6.17. The summed E-state index contributed by atoms with van der Waals surface area (Å²) in [6.07, 6.45) is 0.106. The molecule has 0 heterocycles. The first kappa shape index (κ1) is 20.4. The molecular weight excluding hydrogens is 372 g/mol. The molecule has 0 atom stereocenters. The molecule has 0 saturated carbocycles. The van der Waals surface area contributed by atoms with Crippen LogP contribution in [0.5, 0.6) is 0 Å². The number of carbonyl (C=O) groups excluding carboxylic acids is 2. The summed E-state index contributed by atoms with van der Waals surface area (Å²) in [4.78, 5) is 24.7. The van der Waals surface area contributed by atoms with Crippen molar-refractivity contribution in [3.05, 3.63) is 100 Å². The van der Waals surface area contributed by atoms with Crippen LogP contribution in [-0.4, -0.2) is 11.7 Å². The van der Waals surface area contributed by atoms with Crippen LogP contribution in [0.15, 0.2) is 60.7 Å². The van der Waals surface area contributed by atoms with E-state index >= 15 is 0 Å². The molecule has 0 fully saturated rings. The molecule has 1 amide bonds. The molecule has 5 heteroatoms. The molecule has 3 aromatic carbocycles. The summed E-state index contributed by atoms with van der Waals surface area (Å²) in [7, 11) is 0. The second-order valence-corrected chi connectivity index (χ2v) is 7.12. The Balaban J connectivity index is 1.73. The fourth-order valence-corrected chi connectivity index (χ4v) is 3.12. The van der Waals surface area contributed by atoms with Crippen LogP contribution in [0.4, 0.5) is 14.5 Å². The molecule has 148 valence electrons. The first-order chi connectivity index (χ1) is 13.8. The molecule has 3 nitrogen and oxygen atoms in total. The SMILES string of the molecule is Cc1cccc(CC(=O)Cc2cc(NC(=O)c3cc(C)ccc3F)ccc2F)c1. The zero-order valence-electron chi connectivity index (χ0n) is 16.3. The van der Waals surface area contributed by atoms with E-state index in [0.29, 0.717) is 5.69 Å². The van der Waals surface area contributed by atoms with Crippen LogP contribution < -0.4 is 5.32 Å². The van der Waals surface area contributed by atoms with Gasteiger partial charge in [0.25, 0.3) is 5.91 Å². The lowest BCUT2D eigenvalue weighted by molar-refractivity contribution is -0.117. The van der Waals surface area contributed by atoms with Gasteiger partial charge in [0, 0.05) is 18.5 Å². The van der Waals surface area contributed by atoms with Crippen molar-refractivity contribution < 1.29 is 18.4 Å². The van der Waals surface area contributed by atoms with Crippen molar-refractivity contribution in [3.8, 4) is 0 Å². The molecule has 0 aliphatic carbocycles. The van der Waals surface area contributed by atoms with Crippen LogP contribution in [0, 0.1) is 25.5 Å². The largest absolute Gasteiger partial charge is 0.322 e. The smallest absolute Gasteiger partial charge is 0.258 e. The number of benzene rings is 3. The Morgan fingerprint density at radius 2 is 1.55 bits per heavy atom. The Labute approximate surface area is 168 Å². The minimum Gasteiger partial charge on any atom is -0.322 e. The first-order valence-corrected chi connectivity index (χ1v) is 9.25. The Hall–Kier alpha value is -3.34. The van der Waals surface area contributed by atoms with Crippen molar-refractivity contribution in [2.24, 2.45) is 0 Å². The van der Waals surface area contributed by atoms with Crippen molar-refractivity contribution in [1.29, 1.82) is 0 Å². The fraction of sp³-hybridized carbons (Fsp3) is 0.167. The van der Waals surface area contributed by atoms with E-state index in [1.165, 1.54) is 30.3 Å². The van der Waals surface area contributed by atoms with Crippen LogP contribution in [0.2, 0.25) is 0 Å². The van der Waals surface area contributed by atoms with Crippen LogP contribution in [0.3, 0.4) is 0 Å². The second kappa shape index (κ2) is 8.78. The molecular formula is C24H21F2NO2. The highest BCUT2D eigenvalue weighted by Crippen LogP contribution is 2.19. The highest BCUT2D eigenvalue weighted by molar-refractivity contribution is 6.04. The maximum atomic E-state index is 14.2. The van der Waals surface area contributed by atoms with Crippen LogP contribution in [0.25, 0.3) is 0 Å². The van der Waals surface area contributed by atoms with Gasteiger partial charge in [-0.25, -0.2) is 8.78 Å². The number of anilines is 1. The van der Waals surface area contributed by atoms with Gasteiger partial charge in [-0.15, -0.1) is 0 Å². The highest BCUT2D eigenvalue weighted by atomic mass is 19.1. The number of hydrogen-bond donors (Lipinski definition) is 1. The summed E-state index contributed by atoms with van der Waals surface area (Å²) in [6.45, 7) is 3.70. The Morgan fingerprint density at radius 3 is 2.31 bits per heavy atom. The van der Waals surface area contributed by atoms with Gasteiger partial charge in [-0.05, 0) is 55.3 Å². The summed E-state index contributed by atoms with van der Waals surface area (Å²) < 4.78 is 28.1. The normalized spacial score (nSPS) is 10.6. The van der Waals surface area contributed by atoms with Crippen molar-refractivity contribution in [3.63, 3.8) is 0 Å². The highest BCUT2D eigenvalue weighted by Gasteiger charge is 2.15. The van der Waals surface area contributed by atoms with E-state index in [0.717, 1.165) is 16.7 Å². The number of carbonyl (C=O) groups is 2. The molecule has 0 aliphatic rings. The molecule has 0 spiro atoms. The minimum atomic E-state index is -0.635. The summed E-state index contributed by atoms with van der Waals surface area (Å²) in [5.41, 5.74) is 3.06. The van der Waals surface area contributed by atoms with Gasteiger partial charge in [-0.1, -0.05) is 41.5 Å². The van der Waals surface area contributed by atoms with E-state index in [4.69, 9.17) is 0 Å². The van der Waals surface area contributed by atoms with E-state index in [1.54, 1.807) is 13.0 Å². The van der Waals surface area contributed by atoms with E-state index in [1.807, 2.05) is 31.2 Å². The van der Waals surface area contributed by atoms with Gasteiger partial charge in [0.2, 0.25) is 0 Å². The molecule has 0 saturated heterocycles. The number of amides is 1. The van der Waals surface area contributed by atoms with Crippen LogP contribution >= 0.6 is 0 Å². The molecule has 0 aliphatic heterocycles. The topological polar surface area (TPSA) is 46.2 Å². The quantitative estimate of drug-likeness (QED) is 0.627. The third-order valence-electron chi connectivity index (χ3n) is 4.54. The molecule has 0 unspecified atom stereocenters. The zero-order valence-corrected chi connectivity index (χ0v) is 16.3. The van der Waals surface area contributed by atoms with Gasteiger partial charge in [0.1, 0.15) is 17.4 Å². The number of aryl methyl sites for hydroxylation is 2. The molecule has 29 heavy (non-hydrogen) atoms. The average Bonchev–Trinajstić information content (AvgIpc) is 2.66. The molecule has 0 bridgehead atoms. The first-order valence-electron chi connectivity index (χ1n) is 9.25. The van der Waals surface area contributed by atoms with Gasteiger partial charge in [0.05, 0.1) is 5.56 Å². The van der Waals surface area contributed by atoms with Gasteiger partial charge in [-0.2, -0.15) is 0 Å². The van der Waals surface area contributed by atoms with Gasteiger partial charge in [0.15, 0.2) is 0 Å². The van der Waals surface area contributed by atoms with E-state index in [9.17, 15) is 18.4 Å². The summed E-state index contributed by atoms with van der Waals surface area (Å²) in [6, 6.07) is 15.8. The molecule has 3 aromatic rings. The summed E-state index contributed by atoms with van der Waals surface area (Å²) >= 11 is 0. The van der Waals surface area contributed by atoms with Crippen molar-refractivity contribution in [2.75, 3.05) is 5.32 Å². The second-order valence-electron chi connectivity index (χ2n) is 7.12. The number of hydrogen-bond acceptors (Lipinski definition) is 2. The van der Waals surface area contributed by atoms with Crippen LogP contribution in [0.1, 0.15) is 32.6 Å². The van der Waals surface area contributed by atoms with Gasteiger partial charge < -0.3 is 5.32 Å². The predicted octanol–water partition coefficient (Wildman–Crippen LogP) is 5.19. The standard InChI is InChI=1S/C24H21F2NO2/c1-15-4-3-5-17(10-15)12-20(28)14-18-13-19(7-9-22(18)25)27-24(29)21-11-16(2)6-8-23(21)26/h3-11,13H,12,14H2,1-2H3,(H,27,29). The lowest BCUT2D eigenvalue weighted by atomic mass is 10.0. The lowest BCUT2D eigenvalue weighted by Gasteiger charge is -2.10. The zero-order chi connectivity index (χ0) is 21.0. The van der Waals surface area contributed by atoms with Crippen molar-refractivity contribution in [2.45, 2.75) is 26.7 Å². The Morgan fingerprint density at radius 1 is 0.828 bits per heavy atom. The number of Topliss-reactive ketones (excluding diaryl/α,β-unsaturated/α-hetero) is 1. The summed E-state index contributed by atoms with van der Waals surface area (Å²) in [5.74, 6) is -1.93. The Bertz CT molecular complexity index is 1080. The number of rotatable bonds is 6. The maximum absolute atomic E-state index is 14.2.